The van der Waals surface area contributed by atoms with E-state index in [-0.39, 0.29) is 18.5 Å². The lowest BCUT2D eigenvalue weighted by Gasteiger charge is -2.26. The van der Waals surface area contributed by atoms with Crippen LogP contribution in [0.1, 0.15) is 29.8 Å². The summed E-state index contributed by atoms with van der Waals surface area (Å²) in [6.07, 6.45) is 0. The monoisotopic (exact) mass is 377 g/mol. The standard InChI is InChI=1S/C19H27N3O5/c1-14(2)21-17(23)11-20-18(24)13-27-19(25)16-5-3-15(4-6-16)12-22-7-9-26-10-8-22/h3-6,14H,7-13H2,1-2H3,(H,20,24)(H,21,23). The van der Waals surface area contributed by atoms with Gasteiger partial charge in [-0.1, -0.05) is 12.1 Å². The second kappa shape index (κ2) is 10.6. The van der Waals surface area contributed by atoms with E-state index in [1.54, 1.807) is 12.1 Å². The van der Waals surface area contributed by atoms with Crippen LogP contribution < -0.4 is 10.6 Å². The predicted octanol–water partition coefficient (Wildman–Crippen LogP) is 0.316. The minimum Gasteiger partial charge on any atom is -0.452 e. The Bertz CT molecular complexity index is 639. The van der Waals surface area contributed by atoms with E-state index in [0.29, 0.717) is 5.56 Å². The van der Waals surface area contributed by atoms with Gasteiger partial charge in [0.05, 0.1) is 25.3 Å². The van der Waals surface area contributed by atoms with Crippen molar-refractivity contribution in [1.82, 2.24) is 15.5 Å². The molecule has 1 saturated heterocycles. The van der Waals surface area contributed by atoms with Crippen LogP contribution in [0.15, 0.2) is 24.3 Å². The Hall–Kier alpha value is -2.45. The molecule has 27 heavy (non-hydrogen) atoms. The molecule has 1 aliphatic heterocycles. The van der Waals surface area contributed by atoms with Crippen LogP contribution in [0.2, 0.25) is 0 Å². The lowest BCUT2D eigenvalue weighted by molar-refractivity contribution is -0.128. The first-order valence-electron chi connectivity index (χ1n) is 9.06. The fraction of sp³-hybridized carbons (Fsp3) is 0.526. The lowest BCUT2D eigenvalue weighted by atomic mass is 10.1. The molecule has 148 valence electrons. The summed E-state index contributed by atoms with van der Waals surface area (Å²) in [6, 6.07) is 7.13. The molecule has 0 aliphatic carbocycles. The smallest absolute Gasteiger partial charge is 0.338 e. The van der Waals surface area contributed by atoms with E-state index in [0.717, 1.165) is 38.4 Å². The molecule has 0 atom stereocenters. The van der Waals surface area contributed by atoms with Gasteiger partial charge in [0, 0.05) is 25.7 Å². The molecule has 0 aromatic heterocycles. The molecule has 0 spiro atoms. The largest absolute Gasteiger partial charge is 0.452 e. The predicted molar refractivity (Wildman–Crippen MR) is 99.1 cm³/mol. The van der Waals surface area contributed by atoms with Crippen LogP contribution >= 0.6 is 0 Å². The molecular formula is C19H27N3O5. The Morgan fingerprint density at radius 1 is 1.11 bits per heavy atom. The van der Waals surface area contributed by atoms with Crippen molar-refractivity contribution in [2.45, 2.75) is 26.4 Å². The number of benzene rings is 1. The summed E-state index contributed by atoms with van der Waals surface area (Å²) in [7, 11) is 0. The van der Waals surface area contributed by atoms with Crippen LogP contribution in [0.3, 0.4) is 0 Å². The topological polar surface area (TPSA) is 97.0 Å². The molecule has 2 N–H and O–H groups in total. The Balaban J connectivity index is 1.72. The highest BCUT2D eigenvalue weighted by atomic mass is 16.5. The Morgan fingerprint density at radius 3 is 2.41 bits per heavy atom. The second-order valence-electron chi connectivity index (χ2n) is 6.66. The normalized spacial score (nSPS) is 14.6. The minimum absolute atomic E-state index is 0.00144. The third-order valence-corrected chi connectivity index (χ3v) is 3.93. The summed E-state index contributed by atoms with van der Waals surface area (Å²) in [5.41, 5.74) is 1.48. The number of ether oxygens (including phenoxy) is 2. The van der Waals surface area contributed by atoms with Gasteiger partial charge in [-0.25, -0.2) is 4.79 Å². The molecule has 1 aliphatic rings. The molecule has 1 heterocycles. The first-order chi connectivity index (χ1) is 12.9. The van der Waals surface area contributed by atoms with Gasteiger partial charge in [-0.15, -0.1) is 0 Å². The van der Waals surface area contributed by atoms with Gasteiger partial charge in [-0.3, -0.25) is 14.5 Å². The summed E-state index contributed by atoms with van der Waals surface area (Å²) in [5.74, 6) is -1.39. The molecule has 0 radical (unpaired) electrons. The number of hydrogen-bond donors (Lipinski definition) is 2. The average Bonchev–Trinajstić information content (AvgIpc) is 2.65. The maximum atomic E-state index is 12.0. The summed E-state index contributed by atoms with van der Waals surface area (Å²) in [4.78, 5) is 37.4. The van der Waals surface area contributed by atoms with Crippen molar-refractivity contribution in [2.24, 2.45) is 0 Å². The molecule has 1 aromatic carbocycles. The van der Waals surface area contributed by atoms with Crippen molar-refractivity contribution in [1.29, 1.82) is 0 Å². The molecule has 8 heteroatoms. The van der Waals surface area contributed by atoms with E-state index >= 15 is 0 Å². The van der Waals surface area contributed by atoms with Gasteiger partial charge in [-0.2, -0.15) is 0 Å². The van der Waals surface area contributed by atoms with E-state index in [2.05, 4.69) is 15.5 Å². The van der Waals surface area contributed by atoms with Crippen LogP contribution in [0.5, 0.6) is 0 Å². The van der Waals surface area contributed by atoms with E-state index in [9.17, 15) is 14.4 Å². The average molecular weight is 377 g/mol. The first-order valence-corrected chi connectivity index (χ1v) is 9.06. The highest BCUT2D eigenvalue weighted by molar-refractivity contribution is 5.92. The first kappa shape index (κ1) is 20.9. The molecule has 2 rings (SSSR count). The van der Waals surface area contributed by atoms with Gasteiger partial charge < -0.3 is 20.1 Å². The number of hydrogen-bond acceptors (Lipinski definition) is 6. The molecule has 0 saturated carbocycles. The zero-order valence-corrected chi connectivity index (χ0v) is 15.8. The number of nitrogens with zero attached hydrogens (tertiary/aromatic N) is 1. The SMILES string of the molecule is CC(C)NC(=O)CNC(=O)COC(=O)c1ccc(CN2CCOCC2)cc1. The number of amides is 2. The third-order valence-electron chi connectivity index (χ3n) is 3.93. The second-order valence-corrected chi connectivity index (χ2v) is 6.66. The van der Waals surface area contributed by atoms with E-state index < -0.39 is 18.5 Å². The highest BCUT2D eigenvalue weighted by Gasteiger charge is 2.13. The van der Waals surface area contributed by atoms with Gasteiger partial charge >= 0.3 is 5.97 Å². The quantitative estimate of drug-likeness (QED) is 0.633. The number of rotatable bonds is 8. The summed E-state index contributed by atoms with van der Waals surface area (Å²) in [6.45, 7) is 7.16. The number of nitrogens with one attached hydrogen (secondary N) is 2. The Morgan fingerprint density at radius 2 is 1.78 bits per heavy atom. The van der Waals surface area contributed by atoms with Crippen molar-refractivity contribution < 1.29 is 23.9 Å². The Labute approximate surface area is 159 Å². The zero-order chi connectivity index (χ0) is 19.6. The van der Waals surface area contributed by atoms with Crippen molar-refractivity contribution in [2.75, 3.05) is 39.5 Å². The summed E-state index contributed by atoms with van der Waals surface area (Å²) in [5, 5.41) is 5.06. The maximum absolute atomic E-state index is 12.0. The van der Waals surface area contributed by atoms with E-state index in [4.69, 9.17) is 9.47 Å². The third kappa shape index (κ3) is 7.76. The summed E-state index contributed by atoms with van der Waals surface area (Å²) < 4.78 is 10.3. The van der Waals surface area contributed by atoms with Crippen LogP contribution in [0.4, 0.5) is 0 Å². The fourth-order valence-corrected chi connectivity index (χ4v) is 2.58. The van der Waals surface area contributed by atoms with Gasteiger partial charge in [-0.05, 0) is 31.5 Å². The van der Waals surface area contributed by atoms with Crippen molar-refractivity contribution in [3.05, 3.63) is 35.4 Å². The summed E-state index contributed by atoms with van der Waals surface area (Å²) >= 11 is 0. The number of esters is 1. The van der Waals surface area contributed by atoms with Gasteiger partial charge in [0.1, 0.15) is 0 Å². The highest BCUT2D eigenvalue weighted by Crippen LogP contribution is 2.10. The zero-order valence-electron chi connectivity index (χ0n) is 15.8. The van der Waals surface area contributed by atoms with E-state index in [1.807, 2.05) is 26.0 Å². The number of carbonyl (C=O) groups excluding carboxylic acids is 3. The Kier molecular flexibility index (Phi) is 8.22. The van der Waals surface area contributed by atoms with Crippen LogP contribution in [0, 0.1) is 0 Å². The van der Waals surface area contributed by atoms with Crippen LogP contribution in [0.25, 0.3) is 0 Å². The molecule has 0 unspecified atom stereocenters. The molecule has 1 fully saturated rings. The number of carbonyl (C=O) groups is 3. The minimum atomic E-state index is -0.574. The molecular weight excluding hydrogens is 350 g/mol. The lowest BCUT2D eigenvalue weighted by Crippen LogP contribution is -2.41. The van der Waals surface area contributed by atoms with Crippen molar-refractivity contribution >= 4 is 17.8 Å². The molecule has 8 nitrogen and oxygen atoms in total. The molecule has 2 amide bonds. The van der Waals surface area contributed by atoms with Gasteiger partial charge in [0.15, 0.2) is 6.61 Å². The molecule has 0 bridgehead atoms. The maximum Gasteiger partial charge on any atom is 0.338 e. The van der Waals surface area contributed by atoms with Crippen LogP contribution in [-0.2, 0) is 25.6 Å². The number of morpholine rings is 1. The van der Waals surface area contributed by atoms with Crippen LogP contribution in [-0.4, -0.2) is 68.2 Å². The van der Waals surface area contributed by atoms with E-state index in [1.165, 1.54) is 0 Å². The van der Waals surface area contributed by atoms with Gasteiger partial charge in [0.25, 0.3) is 5.91 Å². The van der Waals surface area contributed by atoms with Crippen molar-refractivity contribution in [3.63, 3.8) is 0 Å². The van der Waals surface area contributed by atoms with Gasteiger partial charge in [0.2, 0.25) is 5.91 Å². The van der Waals surface area contributed by atoms with Crippen molar-refractivity contribution in [3.8, 4) is 0 Å². The molecule has 1 aromatic rings. The fourth-order valence-electron chi connectivity index (χ4n) is 2.58.